The molecule has 0 unspecified atom stereocenters. The smallest absolute Gasteiger partial charge is 0.407 e. The minimum Gasteiger partial charge on any atom is -0.491 e. The van der Waals surface area contributed by atoms with E-state index in [4.69, 9.17) is 0 Å². The molecule has 0 saturated heterocycles. The van der Waals surface area contributed by atoms with Crippen molar-refractivity contribution in [3.63, 3.8) is 0 Å². The van der Waals surface area contributed by atoms with Crippen molar-refractivity contribution in [2.75, 3.05) is 7.11 Å². The lowest BCUT2D eigenvalue weighted by molar-refractivity contribution is -0.150. The highest BCUT2D eigenvalue weighted by Crippen LogP contribution is 2.38. The normalized spacial score (nSPS) is 13.6. The van der Waals surface area contributed by atoms with E-state index < -0.39 is 46.8 Å². The Bertz CT molecular complexity index is 442. The van der Waals surface area contributed by atoms with Gasteiger partial charge in [0.1, 0.15) is 6.04 Å². The first-order chi connectivity index (χ1) is 8.12. The molecule has 0 amide bonds. The summed E-state index contributed by atoms with van der Waals surface area (Å²) in [5.41, 5.74) is 2.59. The van der Waals surface area contributed by atoms with Crippen molar-refractivity contribution in [1.82, 2.24) is 0 Å². The number of halogens is 7. The fourth-order valence-electron chi connectivity index (χ4n) is 1.24. The second-order valence-electron chi connectivity index (χ2n) is 3.22. The molecule has 0 aromatic heterocycles. The number of methoxy groups -OCH3 is 1. The fraction of sp³-hybridized carbons (Fsp3) is 0.333. The molecule has 0 aliphatic carbocycles. The highest BCUT2D eigenvalue weighted by molar-refractivity contribution is 5.36. The van der Waals surface area contributed by atoms with Gasteiger partial charge < -0.3 is 10.5 Å². The summed E-state index contributed by atoms with van der Waals surface area (Å²) in [5, 5.41) is 0. The maximum atomic E-state index is 13.2. The Morgan fingerprint density at radius 2 is 1.33 bits per heavy atom. The molecule has 9 heteroatoms. The maximum Gasteiger partial charge on any atom is 0.407 e. The van der Waals surface area contributed by atoms with Gasteiger partial charge in [-0.3, -0.25) is 0 Å². The average Bonchev–Trinajstić information content (AvgIpc) is 2.26. The van der Waals surface area contributed by atoms with Crippen LogP contribution in [0.2, 0.25) is 0 Å². The van der Waals surface area contributed by atoms with Crippen molar-refractivity contribution in [3.05, 3.63) is 28.8 Å². The predicted octanol–water partition coefficient (Wildman–Crippen LogP) is 2.81. The van der Waals surface area contributed by atoms with E-state index in [1.54, 1.807) is 0 Å². The number of ether oxygens (including phenoxy) is 1. The van der Waals surface area contributed by atoms with Crippen LogP contribution in [0.15, 0.2) is 0 Å². The van der Waals surface area contributed by atoms with E-state index in [1.165, 1.54) is 0 Å². The number of hydrogen-bond donors (Lipinski definition) is 1. The van der Waals surface area contributed by atoms with Crippen LogP contribution in [0.1, 0.15) is 11.6 Å². The Balaban J connectivity index is 3.57. The van der Waals surface area contributed by atoms with Crippen LogP contribution < -0.4 is 10.5 Å². The molecule has 0 heterocycles. The van der Waals surface area contributed by atoms with Gasteiger partial charge in [0.05, 0.1) is 12.7 Å². The van der Waals surface area contributed by atoms with Gasteiger partial charge in [-0.05, 0) is 0 Å². The van der Waals surface area contributed by atoms with Crippen molar-refractivity contribution in [2.24, 2.45) is 5.73 Å². The van der Waals surface area contributed by atoms with Crippen LogP contribution in [0.5, 0.6) is 5.75 Å². The van der Waals surface area contributed by atoms with Gasteiger partial charge in [0.15, 0.2) is 17.4 Å². The topological polar surface area (TPSA) is 35.2 Å². The lowest BCUT2D eigenvalue weighted by Crippen LogP contribution is -2.31. The standard InChI is InChI=1S/C9H6F7NO/c1-18-7-5(12)3(10)2(4(11)6(7)13)8(17)9(14,15)16/h8H,17H2,1H3/t8-/m0/s1. The van der Waals surface area contributed by atoms with E-state index >= 15 is 0 Å². The van der Waals surface area contributed by atoms with E-state index in [0.717, 1.165) is 0 Å². The molecule has 0 fully saturated rings. The van der Waals surface area contributed by atoms with E-state index in [2.05, 4.69) is 10.5 Å². The molecule has 0 saturated carbocycles. The quantitative estimate of drug-likeness (QED) is 0.666. The minimum atomic E-state index is -5.25. The largest absolute Gasteiger partial charge is 0.491 e. The Hall–Kier alpha value is -1.51. The van der Waals surface area contributed by atoms with Crippen LogP contribution >= 0.6 is 0 Å². The number of nitrogens with two attached hydrogens (primary N) is 1. The Morgan fingerprint density at radius 3 is 1.61 bits per heavy atom. The van der Waals surface area contributed by atoms with Gasteiger partial charge in [0, 0.05) is 0 Å². The van der Waals surface area contributed by atoms with Crippen LogP contribution in [-0.2, 0) is 0 Å². The SMILES string of the molecule is COc1c(F)c(F)c([C@H](N)C(F)(F)F)c(F)c1F. The lowest BCUT2D eigenvalue weighted by Gasteiger charge is -2.18. The van der Waals surface area contributed by atoms with Crippen molar-refractivity contribution >= 4 is 0 Å². The Labute approximate surface area is 96.1 Å². The highest BCUT2D eigenvalue weighted by Gasteiger charge is 2.43. The van der Waals surface area contributed by atoms with Crippen molar-refractivity contribution in [1.29, 1.82) is 0 Å². The summed E-state index contributed by atoms with van der Waals surface area (Å²) >= 11 is 0. The number of rotatable bonds is 2. The van der Waals surface area contributed by atoms with E-state index in [-0.39, 0.29) is 0 Å². The summed E-state index contributed by atoms with van der Waals surface area (Å²) in [5.74, 6) is -10.1. The monoisotopic (exact) mass is 277 g/mol. The predicted molar refractivity (Wildman–Crippen MR) is 45.8 cm³/mol. The third-order valence-corrected chi connectivity index (χ3v) is 2.12. The molecule has 0 bridgehead atoms. The molecule has 0 aliphatic heterocycles. The zero-order chi connectivity index (χ0) is 14.2. The minimum absolute atomic E-state index is 0.698. The summed E-state index contributed by atoms with van der Waals surface area (Å²) in [7, 11) is 0.698. The molecule has 2 N–H and O–H groups in total. The van der Waals surface area contributed by atoms with Gasteiger partial charge in [-0.15, -0.1) is 0 Å². The van der Waals surface area contributed by atoms with Crippen LogP contribution in [-0.4, -0.2) is 13.3 Å². The van der Waals surface area contributed by atoms with E-state index in [1.807, 2.05) is 0 Å². The number of hydrogen-bond acceptors (Lipinski definition) is 2. The molecule has 1 atom stereocenters. The molecule has 0 spiro atoms. The first-order valence-corrected chi connectivity index (χ1v) is 4.35. The Kier molecular flexibility index (Phi) is 3.75. The molecule has 18 heavy (non-hydrogen) atoms. The van der Waals surface area contributed by atoms with Crippen molar-refractivity contribution in [2.45, 2.75) is 12.2 Å². The summed E-state index contributed by atoms with van der Waals surface area (Å²) in [6.45, 7) is 0. The van der Waals surface area contributed by atoms with E-state index in [0.29, 0.717) is 7.11 Å². The Morgan fingerprint density at radius 1 is 0.944 bits per heavy atom. The van der Waals surface area contributed by atoms with Gasteiger partial charge >= 0.3 is 6.18 Å². The van der Waals surface area contributed by atoms with Gasteiger partial charge in [0.2, 0.25) is 11.6 Å². The average molecular weight is 277 g/mol. The van der Waals surface area contributed by atoms with Gasteiger partial charge in [-0.25, -0.2) is 8.78 Å². The van der Waals surface area contributed by atoms with Crippen molar-refractivity contribution in [3.8, 4) is 5.75 Å². The molecule has 102 valence electrons. The first kappa shape index (κ1) is 14.6. The van der Waals surface area contributed by atoms with Crippen LogP contribution in [0.25, 0.3) is 0 Å². The third kappa shape index (κ3) is 2.22. The number of benzene rings is 1. The summed E-state index contributed by atoms with van der Waals surface area (Å²) in [6.07, 6.45) is -5.25. The summed E-state index contributed by atoms with van der Waals surface area (Å²) in [4.78, 5) is 0. The van der Waals surface area contributed by atoms with Crippen molar-refractivity contribution < 1.29 is 35.5 Å². The fourth-order valence-corrected chi connectivity index (χ4v) is 1.24. The highest BCUT2D eigenvalue weighted by atomic mass is 19.4. The van der Waals surface area contributed by atoms with Crippen LogP contribution in [0.3, 0.4) is 0 Å². The second kappa shape index (κ2) is 4.63. The zero-order valence-corrected chi connectivity index (χ0v) is 8.71. The van der Waals surface area contributed by atoms with Gasteiger partial charge in [-0.1, -0.05) is 0 Å². The lowest BCUT2D eigenvalue weighted by atomic mass is 10.0. The molecule has 1 aromatic carbocycles. The summed E-state index contributed by atoms with van der Waals surface area (Å²) < 4.78 is 93.3. The maximum absolute atomic E-state index is 13.2. The molecule has 2 nitrogen and oxygen atoms in total. The molecule has 1 rings (SSSR count). The molecule has 0 aliphatic rings. The summed E-state index contributed by atoms with van der Waals surface area (Å²) in [6, 6.07) is -3.19. The number of alkyl halides is 3. The van der Waals surface area contributed by atoms with Crippen LogP contribution in [0, 0.1) is 23.3 Å². The van der Waals surface area contributed by atoms with Crippen LogP contribution in [0.4, 0.5) is 30.7 Å². The molecule has 0 radical (unpaired) electrons. The first-order valence-electron chi connectivity index (χ1n) is 4.35. The molecule has 1 aromatic rings. The second-order valence-corrected chi connectivity index (χ2v) is 3.22. The van der Waals surface area contributed by atoms with Gasteiger partial charge in [-0.2, -0.15) is 22.0 Å². The zero-order valence-electron chi connectivity index (χ0n) is 8.71. The molecular weight excluding hydrogens is 271 g/mol. The van der Waals surface area contributed by atoms with E-state index in [9.17, 15) is 30.7 Å². The molecular formula is C9H6F7NO. The third-order valence-electron chi connectivity index (χ3n) is 2.12. The van der Waals surface area contributed by atoms with Gasteiger partial charge in [0.25, 0.3) is 0 Å².